The van der Waals surface area contributed by atoms with E-state index in [2.05, 4.69) is 39.1 Å². The Hall–Kier alpha value is -2.86. The number of piperidine rings is 1. The molecule has 0 unspecified atom stereocenters. The minimum Gasteiger partial charge on any atom is -0.494 e. The van der Waals surface area contributed by atoms with Gasteiger partial charge >= 0.3 is 0 Å². The highest BCUT2D eigenvalue weighted by Crippen LogP contribution is 2.29. The van der Waals surface area contributed by atoms with Gasteiger partial charge in [-0.1, -0.05) is 36.8 Å². The van der Waals surface area contributed by atoms with Crippen LogP contribution in [0, 0.1) is 0 Å². The number of ether oxygens (including phenoxy) is 2. The Morgan fingerprint density at radius 3 is 2.86 bits per heavy atom. The molecule has 0 saturated carbocycles. The molecule has 0 spiro atoms. The Balaban J connectivity index is 1.55. The van der Waals surface area contributed by atoms with E-state index in [9.17, 15) is 4.79 Å². The lowest BCUT2D eigenvalue weighted by Crippen LogP contribution is -2.42. The van der Waals surface area contributed by atoms with Crippen LogP contribution in [0.2, 0.25) is 0 Å². The van der Waals surface area contributed by atoms with Gasteiger partial charge in [-0.3, -0.25) is 9.69 Å². The second-order valence-electron chi connectivity index (χ2n) is 7.40. The van der Waals surface area contributed by atoms with E-state index in [1.54, 1.807) is 12.1 Å². The van der Waals surface area contributed by atoms with Gasteiger partial charge in [0.05, 0.1) is 18.5 Å². The summed E-state index contributed by atoms with van der Waals surface area (Å²) in [6.45, 7) is 4.98. The molecule has 3 aromatic rings. The Morgan fingerprint density at radius 1 is 1.17 bits per heavy atom. The second-order valence-corrected chi connectivity index (χ2v) is 7.40. The first-order valence-electron chi connectivity index (χ1n) is 10.3. The van der Waals surface area contributed by atoms with Gasteiger partial charge in [0.25, 0.3) is 5.56 Å². The van der Waals surface area contributed by atoms with E-state index in [4.69, 9.17) is 9.47 Å². The quantitative estimate of drug-likeness (QED) is 0.662. The summed E-state index contributed by atoms with van der Waals surface area (Å²) in [7, 11) is 0. The predicted molar refractivity (Wildman–Crippen MR) is 114 cm³/mol. The number of nitrogens with zero attached hydrogens (tertiary/aromatic N) is 2. The average Bonchev–Trinajstić information content (AvgIpc) is 2.74. The summed E-state index contributed by atoms with van der Waals surface area (Å²) in [6.07, 6.45) is 4.90. The molecule has 29 heavy (non-hydrogen) atoms. The van der Waals surface area contributed by atoms with Gasteiger partial charge in [0, 0.05) is 24.7 Å². The molecular weight excluding hydrogens is 366 g/mol. The number of H-pyrrole nitrogens is 1. The van der Waals surface area contributed by atoms with Gasteiger partial charge in [-0.15, -0.1) is 0 Å². The number of aromatic nitrogens is 2. The van der Waals surface area contributed by atoms with E-state index in [1.807, 2.05) is 13.0 Å². The first kappa shape index (κ1) is 19.5. The summed E-state index contributed by atoms with van der Waals surface area (Å²) >= 11 is 0. The van der Waals surface area contributed by atoms with Gasteiger partial charge in [-0.2, -0.15) is 0 Å². The van der Waals surface area contributed by atoms with Crippen molar-refractivity contribution in [2.75, 3.05) is 19.8 Å². The number of aromatic amines is 1. The van der Waals surface area contributed by atoms with Crippen molar-refractivity contribution in [1.82, 2.24) is 14.9 Å². The largest absolute Gasteiger partial charge is 0.494 e. The molecule has 1 aliphatic heterocycles. The fourth-order valence-corrected chi connectivity index (χ4v) is 3.96. The molecule has 6 nitrogen and oxygen atoms in total. The molecule has 0 amide bonds. The third kappa shape index (κ3) is 4.59. The van der Waals surface area contributed by atoms with Crippen LogP contribution in [-0.2, 0) is 6.54 Å². The summed E-state index contributed by atoms with van der Waals surface area (Å²) in [5.74, 6) is 1.20. The number of benzene rings is 2. The number of hydrogen-bond acceptors (Lipinski definition) is 5. The van der Waals surface area contributed by atoms with E-state index >= 15 is 0 Å². The van der Waals surface area contributed by atoms with E-state index < -0.39 is 0 Å². The van der Waals surface area contributed by atoms with Crippen LogP contribution in [0.25, 0.3) is 10.9 Å². The average molecular weight is 393 g/mol. The maximum atomic E-state index is 12.4. The van der Waals surface area contributed by atoms with Crippen LogP contribution in [0.3, 0.4) is 0 Å². The molecule has 1 N–H and O–H groups in total. The van der Waals surface area contributed by atoms with E-state index in [0.29, 0.717) is 41.7 Å². The lowest BCUT2D eigenvalue weighted by Gasteiger charge is -2.35. The zero-order valence-corrected chi connectivity index (χ0v) is 16.8. The molecule has 1 saturated heterocycles. The van der Waals surface area contributed by atoms with Gasteiger partial charge in [0.15, 0.2) is 0 Å². The normalized spacial score (nSPS) is 17.3. The van der Waals surface area contributed by atoms with Crippen LogP contribution in [0.4, 0.5) is 0 Å². The first-order valence-corrected chi connectivity index (χ1v) is 10.3. The van der Waals surface area contributed by atoms with Gasteiger partial charge < -0.3 is 14.5 Å². The van der Waals surface area contributed by atoms with Gasteiger partial charge in [-0.25, -0.2) is 4.98 Å². The highest BCUT2D eigenvalue weighted by Gasteiger charge is 2.24. The van der Waals surface area contributed by atoms with Gasteiger partial charge in [0.1, 0.15) is 23.5 Å². The fraction of sp³-hybridized carbons (Fsp3) is 0.391. The van der Waals surface area contributed by atoms with E-state index in [-0.39, 0.29) is 5.56 Å². The van der Waals surface area contributed by atoms with Crippen molar-refractivity contribution in [3.8, 4) is 11.5 Å². The monoisotopic (exact) mass is 393 g/mol. The molecule has 2 heterocycles. The van der Waals surface area contributed by atoms with E-state index in [1.165, 1.54) is 24.7 Å². The van der Waals surface area contributed by atoms with Crippen molar-refractivity contribution in [3.05, 3.63) is 64.7 Å². The molecule has 1 atom stereocenters. The zero-order chi connectivity index (χ0) is 20.1. The summed E-state index contributed by atoms with van der Waals surface area (Å²) < 4.78 is 11.9. The highest BCUT2D eigenvalue weighted by atomic mass is 16.5. The van der Waals surface area contributed by atoms with Crippen molar-refractivity contribution in [2.24, 2.45) is 0 Å². The lowest BCUT2D eigenvalue weighted by atomic mass is 10.0. The maximum absolute atomic E-state index is 12.4. The summed E-state index contributed by atoms with van der Waals surface area (Å²) in [5, 5.41) is 0.473. The van der Waals surface area contributed by atoms with Gasteiger partial charge in [-0.05, 0) is 31.9 Å². The molecule has 1 fully saturated rings. The minimum atomic E-state index is -0.196. The van der Waals surface area contributed by atoms with Crippen LogP contribution >= 0.6 is 0 Å². The Kier molecular flexibility index (Phi) is 6.10. The van der Waals surface area contributed by atoms with Crippen LogP contribution in [0.1, 0.15) is 31.7 Å². The summed E-state index contributed by atoms with van der Waals surface area (Å²) in [4.78, 5) is 21.8. The number of likely N-dealkylation sites (tertiary alicyclic amines) is 1. The van der Waals surface area contributed by atoms with Crippen LogP contribution in [-0.4, -0.2) is 40.7 Å². The smallest absolute Gasteiger partial charge is 0.262 e. The molecule has 0 bridgehead atoms. The van der Waals surface area contributed by atoms with E-state index in [0.717, 1.165) is 19.5 Å². The zero-order valence-electron chi connectivity index (χ0n) is 16.8. The molecule has 2 aromatic carbocycles. The summed E-state index contributed by atoms with van der Waals surface area (Å²) in [5.41, 5.74) is 1.70. The molecule has 6 heteroatoms. The Bertz CT molecular complexity index is 1000. The molecule has 4 rings (SSSR count). The van der Waals surface area contributed by atoms with Crippen LogP contribution in [0.5, 0.6) is 11.5 Å². The van der Waals surface area contributed by atoms with Crippen molar-refractivity contribution in [1.29, 1.82) is 0 Å². The third-order valence-corrected chi connectivity index (χ3v) is 5.40. The number of fused-ring (bicyclic) bond motifs is 1. The highest BCUT2D eigenvalue weighted by molar-refractivity contribution is 5.85. The van der Waals surface area contributed by atoms with Crippen molar-refractivity contribution >= 4 is 10.9 Å². The standard InChI is InChI=1S/C23H27N3O3/c1-2-28-19-12-20-22(23(27)25-16-24-20)21(13-19)29-15-18-10-6-7-11-26(18)14-17-8-4-3-5-9-17/h3-5,8-9,12-13,16,18H,2,6-7,10-11,14-15H2,1H3,(H,24,25,27)/t18-/m1/s1. The number of hydrogen-bond donors (Lipinski definition) is 1. The number of rotatable bonds is 7. The molecule has 152 valence electrons. The Labute approximate surface area is 170 Å². The summed E-state index contributed by atoms with van der Waals surface area (Å²) in [6, 6.07) is 14.4. The van der Waals surface area contributed by atoms with Crippen molar-refractivity contribution < 1.29 is 9.47 Å². The molecule has 1 aromatic heterocycles. The molecular formula is C23H27N3O3. The molecule has 0 aliphatic carbocycles. The lowest BCUT2D eigenvalue weighted by molar-refractivity contribution is 0.0937. The second kappa shape index (κ2) is 9.09. The maximum Gasteiger partial charge on any atom is 0.262 e. The third-order valence-electron chi connectivity index (χ3n) is 5.40. The molecule has 0 radical (unpaired) electrons. The Morgan fingerprint density at radius 2 is 2.03 bits per heavy atom. The fourth-order valence-electron chi connectivity index (χ4n) is 3.96. The SMILES string of the molecule is CCOc1cc(OC[C@H]2CCCCN2Cc2ccccc2)c2c(=O)[nH]cnc2c1. The predicted octanol–water partition coefficient (Wildman–Crippen LogP) is 3.76. The minimum absolute atomic E-state index is 0.196. The number of nitrogens with one attached hydrogen (secondary N) is 1. The first-order chi connectivity index (χ1) is 14.2. The van der Waals surface area contributed by atoms with Crippen molar-refractivity contribution in [3.63, 3.8) is 0 Å². The molecule has 1 aliphatic rings. The van der Waals surface area contributed by atoms with Gasteiger partial charge in [0.2, 0.25) is 0 Å². The topological polar surface area (TPSA) is 67.5 Å². The van der Waals surface area contributed by atoms with Crippen LogP contribution < -0.4 is 15.0 Å². The van der Waals surface area contributed by atoms with Crippen LogP contribution in [0.15, 0.2) is 53.6 Å². The van der Waals surface area contributed by atoms with Crippen molar-refractivity contribution in [2.45, 2.75) is 38.8 Å².